The van der Waals surface area contributed by atoms with E-state index in [0.29, 0.717) is 16.4 Å². The van der Waals surface area contributed by atoms with Gasteiger partial charge in [0.1, 0.15) is 11.4 Å². The van der Waals surface area contributed by atoms with Crippen molar-refractivity contribution in [3.63, 3.8) is 0 Å². The van der Waals surface area contributed by atoms with Crippen LogP contribution in [-0.2, 0) is 0 Å². The van der Waals surface area contributed by atoms with Crippen molar-refractivity contribution < 1.29 is 0 Å². The monoisotopic (exact) mass is 242 g/mol. The van der Waals surface area contributed by atoms with E-state index >= 15 is 0 Å². The van der Waals surface area contributed by atoms with Crippen LogP contribution in [0.4, 0.5) is 0 Å². The van der Waals surface area contributed by atoms with Crippen molar-refractivity contribution in [2.45, 2.75) is 6.92 Å². The summed E-state index contributed by atoms with van der Waals surface area (Å²) in [6.07, 6.45) is 4.51. The molecule has 78 valence electrons. The van der Waals surface area contributed by atoms with Crippen LogP contribution < -0.4 is 0 Å². The zero-order valence-corrected chi connectivity index (χ0v) is 9.50. The molecule has 0 aromatic carbocycles. The molecule has 0 aliphatic carbocycles. The van der Waals surface area contributed by atoms with Gasteiger partial charge in [-0.2, -0.15) is 0 Å². The van der Waals surface area contributed by atoms with Crippen LogP contribution in [0.5, 0.6) is 0 Å². The lowest BCUT2D eigenvalue weighted by atomic mass is 10.3. The van der Waals surface area contributed by atoms with Crippen LogP contribution in [0.3, 0.4) is 0 Å². The maximum Gasteiger partial charge on any atom is 0.223 e. The van der Waals surface area contributed by atoms with E-state index in [1.807, 2.05) is 0 Å². The molecule has 0 aliphatic heterocycles. The maximum absolute atomic E-state index is 5.88. The predicted molar refractivity (Wildman–Crippen MR) is 63.7 cm³/mol. The molecule has 1 rings (SSSR count). The summed E-state index contributed by atoms with van der Waals surface area (Å²) in [6, 6.07) is 0. The van der Waals surface area contributed by atoms with E-state index in [9.17, 15) is 0 Å². The molecule has 15 heavy (non-hydrogen) atoms. The summed E-state index contributed by atoms with van der Waals surface area (Å²) in [5.41, 5.74) is 0.861. The lowest BCUT2D eigenvalue weighted by Gasteiger charge is -2.01. The number of rotatable bonds is 3. The highest BCUT2D eigenvalue weighted by molar-refractivity contribution is 6.32. The first-order chi connectivity index (χ1) is 7.19. The molecule has 0 unspecified atom stereocenters. The Labute approximate surface area is 97.4 Å². The van der Waals surface area contributed by atoms with E-state index in [2.05, 4.69) is 26.7 Å². The van der Waals surface area contributed by atoms with Gasteiger partial charge in [-0.1, -0.05) is 11.6 Å². The molecular formula is C9H8Cl2N4. The fourth-order valence-electron chi connectivity index (χ4n) is 0.847. The van der Waals surface area contributed by atoms with E-state index in [4.69, 9.17) is 23.2 Å². The standard InChI is InChI=1S/C9H8Cl2N4/c1-3-13-5-7(12-2)8-6(10)4-14-9(11)15-8/h3-5H,2H2,1H3/b7-5-,13-3-. The molecule has 0 bridgehead atoms. The predicted octanol–water partition coefficient (Wildman–Crippen LogP) is 2.87. The minimum absolute atomic E-state index is 0.101. The third-order valence-electron chi connectivity index (χ3n) is 1.47. The van der Waals surface area contributed by atoms with Gasteiger partial charge in [0, 0.05) is 6.21 Å². The van der Waals surface area contributed by atoms with Crippen molar-refractivity contribution in [2.75, 3.05) is 0 Å². The second kappa shape index (κ2) is 5.58. The number of halogens is 2. The molecule has 0 spiro atoms. The molecule has 1 aromatic rings. The SMILES string of the molecule is C=N/C(=C\N=C/C)c1nc(Cl)ncc1Cl. The third-order valence-corrected chi connectivity index (χ3v) is 1.93. The van der Waals surface area contributed by atoms with Gasteiger partial charge in [0.2, 0.25) is 5.28 Å². The van der Waals surface area contributed by atoms with Crippen LogP contribution in [0.25, 0.3) is 5.70 Å². The summed E-state index contributed by atoms with van der Waals surface area (Å²) in [7, 11) is 0. The summed E-state index contributed by atoms with van der Waals surface area (Å²) >= 11 is 11.5. The van der Waals surface area contributed by atoms with E-state index in [1.54, 1.807) is 13.1 Å². The Kier molecular flexibility index (Phi) is 4.39. The summed E-state index contributed by atoms with van der Waals surface area (Å²) in [5, 5.41) is 0.453. The number of hydrogen-bond donors (Lipinski definition) is 0. The number of aliphatic imine (C=N–C) groups is 2. The van der Waals surface area contributed by atoms with Crippen molar-refractivity contribution in [3.8, 4) is 0 Å². The van der Waals surface area contributed by atoms with Crippen LogP contribution in [-0.4, -0.2) is 22.9 Å². The van der Waals surface area contributed by atoms with Gasteiger partial charge in [-0.25, -0.2) is 9.97 Å². The highest BCUT2D eigenvalue weighted by atomic mass is 35.5. The van der Waals surface area contributed by atoms with Gasteiger partial charge >= 0.3 is 0 Å². The van der Waals surface area contributed by atoms with Crippen molar-refractivity contribution in [1.82, 2.24) is 9.97 Å². The van der Waals surface area contributed by atoms with E-state index in [-0.39, 0.29) is 5.28 Å². The molecule has 1 aromatic heterocycles. The van der Waals surface area contributed by atoms with Crippen molar-refractivity contribution in [2.24, 2.45) is 9.98 Å². The van der Waals surface area contributed by atoms with Crippen molar-refractivity contribution >= 4 is 41.8 Å². The van der Waals surface area contributed by atoms with Crippen LogP contribution in [0.1, 0.15) is 12.6 Å². The average molecular weight is 243 g/mol. The lowest BCUT2D eigenvalue weighted by molar-refractivity contribution is 1.13. The Balaban J connectivity index is 3.23. The number of nitrogens with zero attached hydrogens (tertiary/aromatic N) is 4. The zero-order valence-electron chi connectivity index (χ0n) is 7.98. The Hall–Kier alpha value is -1.26. The van der Waals surface area contributed by atoms with Gasteiger partial charge in [0.15, 0.2) is 0 Å². The first-order valence-corrected chi connectivity index (χ1v) is 4.77. The second-order valence-corrected chi connectivity index (χ2v) is 3.16. The molecule has 0 saturated heterocycles. The van der Waals surface area contributed by atoms with E-state index in [1.165, 1.54) is 12.4 Å². The van der Waals surface area contributed by atoms with Crippen molar-refractivity contribution in [1.29, 1.82) is 0 Å². The van der Waals surface area contributed by atoms with Crippen molar-refractivity contribution in [3.05, 3.63) is 28.4 Å². The summed E-state index contributed by atoms with van der Waals surface area (Å²) in [5.74, 6) is 0. The van der Waals surface area contributed by atoms with Crippen LogP contribution in [0.15, 0.2) is 22.4 Å². The fourth-order valence-corrected chi connectivity index (χ4v) is 1.17. The zero-order chi connectivity index (χ0) is 11.3. The first kappa shape index (κ1) is 11.8. The highest BCUT2D eigenvalue weighted by Gasteiger charge is 2.08. The average Bonchev–Trinajstić information content (AvgIpc) is 2.24. The van der Waals surface area contributed by atoms with Gasteiger partial charge in [0.05, 0.1) is 17.4 Å². The molecule has 0 fully saturated rings. The molecule has 0 N–H and O–H groups in total. The largest absolute Gasteiger partial charge is 0.267 e. The van der Waals surface area contributed by atoms with E-state index in [0.717, 1.165) is 0 Å². The van der Waals surface area contributed by atoms with Gasteiger partial charge < -0.3 is 0 Å². The van der Waals surface area contributed by atoms with Crippen LogP contribution in [0, 0.1) is 0 Å². The van der Waals surface area contributed by atoms with Crippen LogP contribution >= 0.6 is 23.2 Å². The number of aromatic nitrogens is 2. The highest BCUT2D eigenvalue weighted by Crippen LogP contribution is 2.22. The molecule has 0 atom stereocenters. The summed E-state index contributed by atoms with van der Waals surface area (Å²) in [4.78, 5) is 15.3. The minimum atomic E-state index is 0.101. The topological polar surface area (TPSA) is 50.5 Å². The molecule has 6 heteroatoms. The second-order valence-electron chi connectivity index (χ2n) is 2.42. The third kappa shape index (κ3) is 3.11. The Morgan fingerprint density at radius 3 is 2.87 bits per heavy atom. The number of hydrogen-bond acceptors (Lipinski definition) is 4. The lowest BCUT2D eigenvalue weighted by Crippen LogP contribution is -1.91. The first-order valence-electron chi connectivity index (χ1n) is 4.02. The minimum Gasteiger partial charge on any atom is -0.267 e. The van der Waals surface area contributed by atoms with Gasteiger partial charge in [0.25, 0.3) is 0 Å². The Morgan fingerprint density at radius 2 is 2.27 bits per heavy atom. The Morgan fingerprint density at radius 1 is 1.53 bits per heavy atom. The maximum atomic E-state index is 5.88. The molecule has 0 amide bonds. The summed E-state index contributed by atoms with van der Waals surface area (Å²) < 4.78 is 0. The summed E-state index contributed by atoms with van der Waals surface area (Å²) in [6.45, 7) is 5.19. The Bertz CT molecular complexity index is 426. The smallest absolute Gasteiger partial charge is 0.223 e. The fraction of sp³-hybridized carbons (Fsp3) is 0.111. The van der Waals surface area contributed by atoms with Gasteiger partial charge in [-0.15, -0.1) is 0 Å². The van der Waals surface area contributed by atoms with Gasteiger partial charge in [-0.3, -0.25) is 9.98 Å². The quantitative estimate of drug-likeness (QED) is 0.605. The molecule has 4 nitrogen and oxygen atoms in total. The van der Waals surface area contributed by atoms with Crippen LogP contribution in [0.2, 0.25) is 10.3 Å². The molecule has 1 heterocycles. The molecule has 0 aliphatic rings. The molecule has 0 radical (unpaired) electrons. The molecule has 0 saturated carbocycles. The normalized spacial score (nSPS) is 12.1. The molecular weight excluding hydrogens is 235 g/mol. The van der Waals surface area contributed by atoms with E-state index < -0.39 is 0 Å². The van der Waals surface area contributed by atoms with Gasteiger partial charge in [-0.05, 0) is 25.2 Å².